The lowest BCUT2D eigenvalue weighted by Crippen LogP contribution is -2.56. The van der Waals surface area contributed by atoms with Gasteiger partial charge in [0.25, 0.3) is 5.72 Å². The number of hydrogen-bond acceptors (Lipinski definition) is 5. The molecule has 0 bridgehead atoms. The smallest absolute Gasteiger partial charge is 0.275 e. The topological polar surface area (TPSA) is 73.1 Å². The van der Waals surface area contributed by atoms with Gasteiger partial charge in [-0.05, 0) is 12.8 Å². The van der Waals surface area contributed by atoms with Crippen LogP contribution in [-0.2, 0) is 5.72 Å². The molecule has 3 aliphatic rings. The second-order valence-electron chi connectivity index (χ2n) is 5.71. The first kappa shape index (κ1) is 12.1. The van der Waals surface area contributed by atoms with Crippen LogP contribution in [0.15, 0.2) is 29.3 Å². The quantitative estimate of drug-likeness (QED) is 0.739. The second kappa shape index (κ2) is 3.68. The largest absolute Gasteiger partial charge is 0.363 e. The van der Waals surface area contributed by atoms with Crippen LogP contribution in [0.1, 0.15) is 41.6 Å². The van der Waals surface area contributed by atoms with Crippen LogP contribution in [0.4, 0.5) is 0 Å². The van der Waals surface area contributed by atoms with E-state index in [0.29, 0.717) is 29.9 Å². The van der Waals surface area contributed by atoms with Crippen LogP contribution < -0.4 is 0 Å². The Labute approximate surface area is 116 Å². The van der Waals surface area contributed by atoms with Crippen LogP contribution in [0.2, 0.25) is 0 Å². The zero-order chi connectivity index (χ0) is 14.0. The van der Waals surface area contributed by atoms with E-state index in [9.17, 15) is 15.0 Å². The predicted octanol–water partition coefficient (Wildman–Crippen LogP) is 1.00. The zero-order valence-corrected chi connectivity index (χ0v) is 11.0. The van der Waals surface area contributed by atoms with Gasteiger partial charge in [-0.1, -0.05) is 30.7 Å². The Balaban J connectivity index is 1.96. The summed E-state index contributed by atoms with van der Waals surface area (Å²) in [4.78, 5) is 18.4. The fraction of sp³-hybridized carbons (Fsp3) is 0.467. The molecule has 2 aliphatic heterocycles. The number of carbonyl (C=O) groups excluding carboxylic acids is 1. The Bertz CT molecular complexity index is 642. The zero-order valence-electron chi connectivity index (χ0n) is 11.0. The third kappa shape index (κ3) is 1.16. The Morgan fingerprint density at radius 3 is 2.80 bits per heavy atom. The number of nitrogens with zero attached hydrogens (tertiary/aromatic N) is 2. The van der Waals surface area contributed by atoms with Gasteiger partial charge in [-0.2, -0.15) is 0 Å². The van der Waals surface area contributed by atoms with Crippen molar-refractivity contribution in [1.82, 2.24) is 4.90 Å². The molecule has 2 unspecified atom stereocenters. The number of fused-ring (bicyclic) bond motifs is 5. The number of aliphatic hydroxyl groups is 2. The Morgan fingerprint density at radius 1 is 1.15 bits per heavy atom. The molecule has 1 aliphatic carbocycles. The van der Waals surface area contributed by atoms with Crippen molar-refractivity contribution in [2.75, 3.05) is 6.54 Å². The monoisotopic (exact) mass is 272 g/mol. The molecule has 4 rings (SSSR count). The number of hydrogen-bond donors (Lipinski definition) is 2. The third-order valence-corrected chi connectivity index (χ3v) is 4.63. The van der Waals surface area contributed by atoms with Crippen molar-refractivity contribution in [1.29, 1.82) is 0 Å². The summed E-state index contributed by atoms with van der Waals surface area (Å²) < 4.78 is 0. The molecule has 5 nitrogen and oxygen atoms in total. The molecule has 0 amide bonds. The van der Waals surface area contributed by atoms with Gasteiger partial charge in [0.15, 0.2) is 0 Å². The number of rotatable bonds is 0. The summed E-state index contributed by atoms with van der Waals surface area (Å²) in [6, 6.07) is 6.84. The van der Waals surface area contributed by atoms with Gasteiger partial charge >= 0.3 is 0 Å². The number of carbonyl (C=O) groups is 1. The molecule has 1 saturated heterocycles. The number of benzene rings is 1. The summed E-state index contributed by atoms with van der Waals surface area (Å²) in [6.07, 6.45) is 3.66. The van der Waals surface area contributed by atoms with E-state index in [1.807, 2.05) is 0 Å². The molecule has 0 saturated carbocycles. The maximum Gasteiger partial charge on any atom is 0.275 e. The first-order valence-electron chi connectivity index (χ1n) is 7.04. The first-order valence-corrected chi connectivity index (χ1v) is 7.04. The number of ketones is 1. The van der Waals surface area contributed by atoms with Crippen molar-refractivity contribution < 1.29 is 15.0 Å². The van der Waals surface area contributed by atoms with E-state index >= 15 is 0 Å². The summed E-state index contributed by atoms with van der Waals surface area (Å²) in [7, 11) is 0. The van der Waals surface area contributed by atoms with Gasteiger partial charge in [-0.25, -0.2) is 4.99 Å². The summed E-state index contributed by atoms with van der Waals surface area (Å²) in [5.74, 6) is 0.145. The number of aliphatic imine (C=N–C) groups is 1. The van der Waals surface area contributed by atoms with Crippen LogP contribution in [0, 0.1) is 0 Å². The van der Waals surface area contributed by atoms with Crippen molar-refractivity contribution in [3.63, 3.8) is 0 Å². The van der Waals surface area contributed by atoms with Crippen LogP contribution in [-0.4, -0.2) is 39.0 Å². The lowest BCUT2D eigenvalue weighted by atomic mass is 9.98. The van der Waals surface area contributed by atoms with Crippen LogP contribution >= 0.6 is 0 Å². The molecule has 0 spiro atoms. The van der Waals surface area contributed by atoms with Gasteiger partial charge in [0, 0.05) is 24.1 Å². The number of Topliss-reactive ketones (excluding diaryl/α,β-unsaturated/α-hetero) is 1. The van der Waals surface area contributed by atoms with E-state index in [4.69, 9.17) is 0 Å². The SMILES string of the molecule is O=C1c2ccccc2C2(O)N3CCCCCC3=NC12O. The molecule has 20 heavy (non-hydrogen) atoms. The molecule has 1 fully saturated rings. The fourth-order valence-electron chi connectivity index (χ4n) is 3.63. The predicted molar refractivity (Wildman–Crippen MR) is 72.2 cm³/mol. The molecule has 1 aromatic rings. The van der Waals surface area contributed by atoms with Gasteiger partial charge < -0.3 is 15.1 Å². The lowest BCUT2D eigenvalue weighted by Gasteiger charge is -2.37. The minimum atomic E-state index is -2.08. The van der Waals surface area contributed by atoms with E-state index in [2.05, 4.69) is 4.99 Å². The van der Waals surface area contributed by atoms with Crippen LogP contribution in [0.25, 0.3) is 0 Å². The highest BCUT2D eigenvalue weighted by Gasteiger charge is 2.69. The highest BCUT2D eigenvalue weighted by atomic mass is 16.4. The maximum atomic E-state index is 12.5. The normalized spacial score (nSPS) is 35.2. The Hall–Kier alpha value is -1.72. The maximum absolute atomic E-state index is 12.5. The average molecular weight is 272 g/mol. The molecule has 2 N–H and O–H groups in total. The Morgan fingerprint density at radius 2 is 1.95 bits per heavy atom. The van der Waals surface area contributed by atoms with Crippen LogP contribution in [0.3, 0.4) is 0 Å². The highest BCUT2D eigenvalue weighted by molar-refractivity contribution is 6.11. The van der Waals surface area contributed by atoms with Crippen molar-refractivity contribution in [3.05, 3.63) is 35.4 Å². The molecule has 1 aromatic carbocycles. The van der Waals surface area contributed by atoms with Crippen molar-refractivity contribution >= 4 is 11.6 Å². The summed E-state index contributed by atoms with van der Waals surface area (Å²) in [6.45, 7) is 0.610. The average Bonchev–Trinajstić information content (AvgIpc) is 2.69. The van der Waals surface area contributed by atoms with Gasteiger partial charge in [-0.3, -0.25) is 4.79 Å². The van der Waals surface area contributed by atoms with E-state index in [1.165, 1.54) is 0 Å². The summed E-state index contributed by atoms with van der Waals surface area (Å²) in [5, 5.41) is 21.9. The minimum Gasteiger partial charge on any atom is -0.363 e. The van der Waals surface area contributed by atoms with E-state index in [-0.39, 0.29) is 0 Å². The molecular formula is C15H16N2O3. The molecule has 5 heteroatoms. The standard InChI is InChI=1S/C15H16N2O3/c18-13-10-6-3-4-7-11(10)15(20)14(13,19)16-12-8-2-1-5-9-17(12)15/h3-4,6-7,19-20H,1-2,5,8-9H2. The molecule has 2 heterocycles. The van der Waals surface area contributed by atoms with Gasteiger partial charge in [-0.15, -0.1) is 0 Å². The van der Waals surface area contributed by atoms with Crippen molar-refractivity contribution in [3.8, 4) is 0 Å². The van der Waals surface area contributed by atoms with Gasteiger partial charge in [0.2, 0.25) is 11.5 Å². The molecule has 2 atom stereocenters. The Kier molecular flexibility index (Phi) is 2.22. The molecule has 0 radical (unpaired) electrons. The van der Waals surface area contributed by atoms with Crippen molar-refractivity contribution in [2.24, 2.45) is 4.99 Å². The number of amidine groups is 1. The third-order valence-electron chi connectivity index (χ3n) is 4.63. The van der Waals surface area contributed by atoms with E-state index < -0.39 is 17.2 Å². The van der Waals surface area contributed by atoms with E-state index in [0.717, 1.165) is 19.3 Å². The van der Waals surface area contributed by atoms with Gasteiger partial charge in [0.1, 0.15) is 5.84 Å². The molecular weight excluding hydrogens is 256 g/mol. The summed E-state index contributed by atoms with van der Waals surface area (Å²) >= 11 is 0. The van der Waals surface area contributed by atoms with E-state index in [1.54, 1.807) is 29.2 Å². The minimum absolute atomic E-state index is 0.365. The van der Waals surface area contributed by atoms with Gasteiger partial charge in [0.05, 0.1) is 0 Å². The first-order chi connectivity index (χ1) is 9.59. The van der Waals surface area contributed by atoms with Crippen molar-refractivity contribution in [2.45, 2.75) is 37.1 Å². The lowest BCUT2D eigenvalue weighted by molar-refractivity contribution is -0.171. The second-order valence-corrected chi connectivity index (χ2v) is 5.71. The highest BCUT2D eigenvalue weighted by Crippen LogP contribution is 2.51. The molecule has 0 aromatic heterocycles. The summed E-state index contributed by atoms with van der Waals surface area (Å²) in [5.41, 5.74) is -2.98. The fourth-order valence-corrected chi connectivity index (χ4v) is 3.63. The van der Waals surface area contributed by atoms with Crippen LogP contribution in [0.5, 0.6) is 0 Å². The molecule has 104 valence electrons.